The number of aliphatic hydroxyl groups is 1. The van der Waals surface area contributed by atoms with Crippen LogP contribution in [0.5, 0.6) is 0 Å². The lowest BCUT2D eigenvalue weighted by molar-refractivity contribution is -0.255. The zero-order valence-electron chi connectivity index (χ0n) is 15.7. The van der Waals surface area contributed by atoms with Crippen LogP contribution in [-0.4, -0.2) is 48.4 Å². The molecule has 1 unspecified atom stereocenters. The molecule has 7 nitrogen and oxygen atoms in total. The van der Waals surface area contributed by atoms with E-state index in [1.807, 2.05) is 60.7 Å². The summed E-state index contributed by atoms with van der Waals surface area (Å²) in [4.78, 5) is 16.1. The molecule has 2 aromatic carbocycles. The minimum atomic E-state index is -1.19. The van der Waals surface area contributed by atoms with Gasteiger partial charge in [0, 0.05) is 6.42 Å². The Morgan fingerprint density at radius 2 is 1.54 bits per heavy atom. The predicted octanol–water partition coefficient (Wildman–Crippen LogP) is 2.57. The van der Waals surface area contributed by atoms with E-state index in [0.717, 1.165) is 11.1 Å². The molecular formula is C21H26O7. The van der Waals surface area contributed by atoms with Crippen molar-refractivity contribution in [1.29, 1.82) is 0 Å². The molecule has 2 aromatic rings. The highest BCUT2D eigenvalue weighted by atomic mass is 17.1. The number of carbonyl (C=O) groups excluding carboxylic acids is 1. The Balaban J connectivity index is 1.84. The van der Waals surface area contributed by atoms with Crippen LogP contribution in [0.2, 0.25) is 0 Å². The monoisotopic (exact) mass is 390 g/mol. The van der Waals surface area contributed by atoms with Gasteiger partial charge in [-0.3, -0.25) is 5.26 Å². The molecule has 2 N–H and O–H groups in total. The Hall–Kier alpha value is -2.29. The molecule has 7 heteroatoms. The topological polar surface area (TPSA) is 94.5 Å². The van der Waals surface area contributed by atoms with E-state index in [9.17, 15) is 9.90 Å². The minimum Gasteiger partial charge on any atom is -0.459 e. The van der Waals surface area contributed by atoms with Crippen molar-refractivity contribution in [3.63, 3.8) is 0 Å². The van der Waals surface area contributed by atoms with Gasteiger partial charge in [-0.1, -0.05) is 60.7 Å². The highest BCUT2D eigenvalue weighted by Crippen LogP contribution is 2.18. The minimum absolute atomic E-state index is 0.0215. The lowest BCUT2D eigenvalue weighted by atomic mass is 10.0. The molecule has 0 aliphatic carbocycles. The van der Waals surface area contributed by atoms with Crippen molar-refractivity contribution in [3.05, 3.63) is 71.8 Å². The molecule has 0 aliphatic heterocycles. The zero-order valence-corrected chi connectivity index (χ0v) is 15.7. The first kappa shape index (κ1) is 22.0. The Bertz CT molecular complexity index is 678. The second-order valence-electron chi connectivity index (χ2n) is 6.34. The summed E-state index contributed by atoms with van der Waals surface area (Å²) in [6, 6.07) is 18.8. The van der Waals surface area contributed by atoms with Gasteiger partial charge in [-0.05, 0) is 11.1 Å². The quantitative estimate of drug-likeness (QED) is 0.308. The van der Waals surface area contributed by atoms with Crippen molar-refractivity contribution in [2.45, 2.75) is 25.2 Å². The fourth-order valence-corrected chi connectivity index (χ4v) is 2.51. The highest BCUT2D eigenvalue weighted by molar-refractivity contribution is 5.70. The van der Waals surface area contributed by atoms with Gasteiger partial charge in [0.25, 0.3) is 0 Å². The second kappa shape index (κ2) is 12.2. The summed E-state index contributed by atoms with van der Waals surface area (Å²) in [5, 5.41) is 18.5. The van der Waals surface area contributed by atoms with Gasteiger partial charge in [0.15, 0.2) is 0 Å². The predicted molar refractivity (Wildman–Crippen MR) is 101 cm³/mol. The Kier molecular flexibility index (Phi) is 9.61. The van der Waals surface area contributed by atoms with E-state index in [2.05, 4.69) is 4.89 Å². The van der Waals surface area contributed by atoms with Crippen molar-refractivity contribution in [2.75, 3.05) is 26.4 Å². The third-order valence-electron chi connectivity index (χ3n) is 4.15. The molecule has 152 valence electrons. The number of hydrogen-bond donors (Lipinski definition) is 2. The summed E-state index contributed by atoms with van der Waals surface area (Å²) in [6.07, 6.45) is 0.140. The third-order valence-corrected chi connectivity index (χ3v) is 4.15. The molecule has 2 rings (SSSR count). The molecule has 0 fully saturated rings. The number of carbonyl (C=O) groups is 1. The first-order valence-electron chi connectivity index (χ1n) is 9.00. The van der Waals surface area contributed by atoms with E-state index < -0.39 is 18.2 Å². The zero-order chi connectivity index (χ0) is 20.1. The van der Waals surface area contributed by atoms with Crippen molar-refractivity contribution in [1.82, 2.24) is 0 Å². The number of benzene rings is 2. The van der Waals surface area contributed by atoms with Crippen LogP contribution in [0, 0.1) is 0 Å². The summed E-state index contributed by atoms with van der Waals surface area (Å²) in [5.41, 5.74) is 0.641. The molecule has 0 saturated heterocycles. The van der Waals surface area contributed by atoms with Gasteiger partial charge >= 0.3 is 5.97 Å². The van der Waals surface area contributed by atoms with E-state index in [-0.39, 0.29) is 32.8 Å². The molecule has 0 radical (unpaired) electrons. The Morgan fingerprint density at radius 3 is 2.11 bits per heavy atom. The highest BCUT2D eigenvalue weighted by Gasteiger charge is 2.32. The molecule has 0 aliphatic rings. The maximum absolute atomic E-state index is 12.0. The third kappa shape index (κ3) is 7.75. The van der Waals surface area contributed by atoms with Crippen molar-refractivity contribution < 1.29 is 34.3 Å². The lowest BCUT2D eigenvalue weighted by Crippen LogP contribution is -2.44. The molecule has 0 spiro atoms. The smallest absolute Gasteiger partial charge is 0.332 e. The molecule has 0 bridgehead atoms. The van der Waals surface area contributed by atoms with Gasteiger partial charge in [0.05, 0.1) is 26.4 Å². The molecular weight excluding hydrogens is 364 g/mol. The maximum Gasteiger partial charge on any atom is 0.332 e. The number of rotatable bonds is 13. The van der Waals surface area contributed by atoms with Gasteiger partial charge in [-0.2, -0.15) is 0 Å². The van der Waals surface area contributed by atoms with Crippen molar-refractivity contribution in [2.24, 2.45) is 0 Å². The van der Waals surface area contributed by atoms with Gasteiger partial charge in [0.1, 0.15) is 18.8 Å². The number of esters is 1. The van der Waals surface area contributed by atoms with Gasteiger partial charge < -0.3 is 19.3 Å². The summed E-state index contributed by atoms with van der Waals surface area (Å²) in [6.45, 7) is -0.351. The Morgan fingerprint density at radius 1 is 0.929 bits per heavy atom. The summed E-state index contributed by atoms with van der Waals surface area (Å²) < 4.78 is 16.5. The van der Waals surface area contributed by atoms with E-state index in [0.29, 0.717) is 6.61 Å². The van der Waals surface area contributed by atoms with Gasteiger partial charge in [0.2, 0.25) is 0 Å². The fourth-order valence-electron chi connectivity index (χ4n) is 2.51. The van der Waals surface area contributed by atoms with E-state index in [1.165, 1.54) is 0 Å². The van der Waals surface area contributed by atoms with E-state index in [4.69, 9.17) is 19.5 Å². The standard InChI is InChI=1S/C21H26O7/c22-16-21(11-12-28-24,17-25-13-18-7-3-1-4-8-18)27-15-20(23)26-14-19-9-5-2-6-10-19/h1-10,22,24H,11-17H2. The number of aliphatic hydroxyl groups excluding tert-OH is 1. The molecule has 1 atom stereocenters. The van der Waals surface area contributed by atoms with Crippen LogP contribution in [0.1, 0.15) is 17.5 Å². The van der Waals surface area contributed by atoms with Crippen LogP contribution in [0.4, 0.5) is 0 Å². The molecule has 0 heterocycles. The summed E-state index contributed by atoms with van der Waals surface area (Å²) in [7, 11) is 0. The first-order valence-corrected chi connectivity index (χ1v) is 9.00. The summed E-state index contributed by atoms with van der Waals surface area (Å²) in [5.74, 6) is -0.561. The lowest BCUT2D eigenvalue weighted by Gasteiger charge is -2.31. The normalized spacial score (nSPS) is 13.1. The van der Waals surface area contributed by atoms with Crippen LogP contribution in [0.3, 0.4) is 0 Å². The largest absolute Gasteiger partial charge is 0.459 e. The van der Waals surface area contributed by atoms with E-state index >= 15 is 0 Å². The maximum atomic E-state index is 12.0. The SMILES string of the molecule is O=C(COC(CO)(CCOO)COCc1ccccc1)OCc1ccccc1. The average molecular weight is 390 g/mol. The van der Waals surface area contributed by atoms with Gasteiger partial charge in [-0.25, -0.2) is 9.68 Å². The average Bonchev–Trinajstić information content (AvgIpc) is 2.75. The van der Waals surface area contributed by atoms with Crippen LogP contribution in [-0.2, 0) is 37.1 Å². The fraction of sp³-hybridized carbons (Fsp3) is 0.381. The molecule has 0 aromatic heterocycles. The first-order chi connectivity index (χ1) is 13.7. The number of hydrogen-bond acceptors (Lipinski definition) is 7. The summed E-state index contributed by atoms with van der Waals surface area (Å²) >= 11 is 0. The number of ether oxygens (including phenoxy) is 3. The molecule has 28 heavy (non-hydrogen) atoms. The van der Waals surface area contributed by atoms with Crippen LogP contribution in [0.25, 0.3) is 0 Å². The second-order valence-corrected chi connectivity index (χ2v) is 6.34. The van der Waals surface area contributed by atoms with Crippen molar-refractivity contribution >= 4 is 5.97 Å². The van der Waals surface area contributed by atoms with Crippen LogP contribution < -0.4 is 0 Å². The van der Waals surface area contributed by atoms with Crippen LogP contribution in [0.15, 0.2) is 60.7 Å². The van der Waals surface area contributed by atoms with Crippen molar-refractivity contribution in [3.8, 4) is 0 Å². The van der Waals surface area contributed by atoms with E-state index in [1.54, 1.807) is 0 Å². The Labute approximate surface area is 164 Å². The van der Waals surface area contributed by atoms with Gasteiger partial charge in [-0.15, -0.1) is 0 Å². The molecule has 0 amide bonds. The van der Waals surface area contributed by atoms with Crippen LogP contribution >= 0.6 is 0 Å². The molecule has 0 saturated carbocycles.